The maximum absolute atomic E-state index is 13.0. The van der Waals surface area contributed by atoms with E-state index in [-0.39, 0.29) is 21.7 Å². The van der Waals surface area contributed by atoms with Crippen LogP contribution in [-0.4, -0.2) is 42.4 Å². The maximum atomic E-state index is 13.0. The second-order valence-corrected chi connectivity index (χ2v) is 7.69. The Morgan fingerprint density at radius 2 is 1.69 bits per heavy atom. The third kappa shape index (κ3) is 5.39. The number of carbonyl (C=O) groups excluding carboxylic acids is 3. The van der Waals surface area contributed by atoms with E-state index in [1.807, 2.05) is 0 Å². The summed E-state index contributed by atoms with van der Waals surface area (Å²) in [7, 11) is 0. The average molecular weight is 497 g/mol. The number of hydrogen-bond acceptors (Lipinski definition) is 8. The first kappa shape index (κ1) is 23.7. The third-order valence-corrected chi connectivity index (χ3v) is 5.28. The van der Waals surface area contributed by atoms with Gasteiger partial charge in [-0.2, -0.15) is 0 Å². The molecule has 178 valence electrons. The summed E-state index contributed by atoms with van der Waals surface area (Å²) >= 11 is 5.81. The predicted octanol–water partition coefficient (Wildman–Crippen LogP) is 4.05. The highest BCUT2D eigenvalue weighted by atomic mass is 35.5. The fourth-order valence-corrected chi connectivity index (χ4v) is 3.52. The summed E-state index contributed by atoms with van der Waals surface area (Å²) in [6.45, 7) is 0.221. The average Bonchev–Trinajstić information content (AvgIpc) is 2.87. The number of nitro groups is 1. The Balaban J connectivity index is 1.44. The normalized spacial score (nSPS) is 11.9. The molecule has 0 saturated carbocycles. The smallest absolute Gasteiger partial charge is 0.339 e. The predicted molar refractivity (Wildman–Crippen MR) is 124 cm³/mol. The summed E-state index contributed by atoms with van der Waals surface area (Å²) in [5.74, 6) is -1.10. The molecule has 1 aliphatic heterocycles. The molecule has 3 aromatic rings. The number of nitrogens with one attached hydrogen (secondary N) is 1. The standard InChI is InChI=1S/C24H17ClN2O8/c25-18-7-5-14(11-19(18)27(31)32)23(29)16-3-1-2-4-17(16)24(30)35-13-22(28)26-15-6-8-20-21(12-15)34-10-9-33-20/h1-8,11-12H,9-10,13H2,(H,26,28). The van der Waals surface area contributed by atoms with Crippen molar-refractivity contribution < 1.29 is 33.5 Å². The molecule has 35 heavy (non-hydrogen) atoms. The lowest BCUT2D eigenvalue weighted by molar-refractivity contribution is -0.384. The van der Waals surface area contributed by atoms with Gasteiger partial charge in [-0.1, -0.05) is 29.8 Å². The van der Waals surface area contributed by atoms with Gasteiger partial charge in [-0.25, -0.2) is 4.79 Å². The van der Waals surface area contributed by atoms with Crippen molar-refractivity contribution in [3.8, 4) is 11.5 Å². The van der Waals surface area contributed by atoms with Gasteiger partial charge in [0.1, 0.15) is 18.2 Å². The topological polar surface area (TPSA) is 134 Å². The van der Waals surface area contributed by atoms with E-state index in [9.17, 15) is 24.5 Å². The molecule has 1 heterocycles. The Labute approximate surface area is 203 Å². The SMILES string of the molecule is O=C(COC(=O)c1ccccc1C(=O)c1ccc(Cl)c([N+](=O)[O-])c1)Nc1ccc2c(c1)OCCO2. The van der Waals surface area contributed by atoms with E-state index in [1.165, 1.54) is 36.4 Å². The van der Waals surface area contributed by atoms with Crippen LogP contribution in [0.1, 0.15) is 26.3 Å². The summed E-state index contributed by atoms with van der Waals surface area (Å²) in [4.78, 5) is 48.4. The first-order chi connectivity index (χ1) is 16.8. The summed E-state index contributed by atoms with van der Waals surface area (Å²) in [5, 5.41) is 13.6. The lowest BCUT2D eigenvalue weighted by atomic mass is 9.98. The highest BCUT2D eigenvalue weighted by Gasteiger charge is 2.23. The molecule has 4 rings (SSSR count). The highest BCUT2D eigenvalue weighted by molar-refractivity contribution is 6.33. The zero-order valence-electron chi connectivity index (χ0n) is 18.0. The van der Waals surface area contributed by atoms with Crippen molar-refractivity contribution >= 4 is 40.6 Å². The monoisotopic (exact) mass is 496 g/mol. The largest absolute Gasteiger partial charge is 0.486 e. The summed E-state index contributed by atoms with van der Waals surface area (Å²) in [6, 6.07) is 14.2. The number of fused-ring (bicyclic) bond motifs is 1. The lowest BCUT2D eigenvalue weighted by Crippen LogP contribution is -2.22. The minimum atomic E-state index is -0.908. The van der Waals surface area contributed by atoms with Crippen LogP contribution in [0, 0.1) is 10.1 Å². The van der Waals surface area contributed by atoms with Crippen molar-refractivity contribution in [3.63, 3.8) is 0 Å². The number of nitrogens with zero attached hydrogens (tertiary/aromatic N) is 1. The van der Waals surface area contributed by atoms with E-state index in [1.54, 1.807) is 18.2 Å². The molecule has 0 spiro atoms. The van der Waals surface area contributed by atoms with Gasteiger partial charge in [0.25, 0.3) is 11.6 Å². The number of ether oxygens (including phenoxy) is 3. The minimum Gasteiger partial charge on any atom is -0.486 e. The van der Waals surface area contributed by atoms with Crippen LogP contribution in [0.25, 0.3) is 0 Å². The summed E-state index contributed by atoms with van der Waals surface area (Å²) in [6.07, 6.45) is 0. The molecule has 3 aromatic carbocycles. The zero-order valence-corrected chi connectivity index (χ0v) is 18.7. The molecule has 0 fully saturated rings. The van der Waals surface area contributed by atoms with Crippen molar-refractivity contribution in [3.05, 3.63) is 92.5 Å². The molecule has 0 atom stereocenters. The summed E-state index contributed by atoms with van der Waals surface area (Å²) < 4.78 is 16.0. The molecule has 0 radical (unpaired) electrons. The number of anilines is 1. The molecule has 0 unspecified atom stereocenters. The van der Waals surface area contributed by atoms with Gasteiger partial charge < -0.3 is 19.5 Å². The number of halogens is 1. The number of esters is 1. The van der Waals surface area contributed by atoms with Crippen LogP contribution in [0.3, 0.4) is 0 Å². The van der Waals surface area contributed by atoms with Crippen LogP contribution in [0.5, 0.6) is 11.5 Å². The van der Waals surface area contributed by atoms with E-state index >= 15 is 0 Å². The Bertz CT molecular complexity index is 1340. The molecule has 1 N–H and O–H groups in total. The summed E-state index contributed by atoms with van der Waals surface area (Å²) in [5.41, 5.74) is -0.176. The van der Waals surface area contributed by atoms with E-state index < -0.39 is 34.9 Å². The van der Waals surface area contributed by atoms with Gasteiger partial charge in [0, 0.05) is 28.9 Å². The number of hydrogen-bond donors (Lipinski definition) is 1. The second kappa shape index (κ2) is 10.2. The minimum absolute atomic E-state index is 0.0299. The molecule has 0 bridgehead atoms. The number of amides is 1. The number of rotatable bonds is 7. The molecule has 1 amide bonds. The van der Waals surface area contributed by atoms with E-state index in [2.05, 4.69) is 5.32 Å². The lowest BCUT2D eigenvalue weighted by Gasteiger charge is -2.19. The third-order valence-electron chi connectivity index (χ3n) is 4.96. The Kier molecular flexibility index (Phi) is 6.93. The van der Waals surface area contributed by atoms with Crippen LogP contribution in [0.4, 0.5) is 11.4 Å². The number of ketones is 1. The maximum Gasteiger partial charge on any atom is 0.339 e. The van der Waals surface area contributed by atoms with Crippen LogP contribution in [-0.2, 0) is 9.53 Å². The van der Waals surface area contributed by atoms with Gasteiger partial charge in [0.2, 0.25) is 0 Å². The van der Waals surface area contributed by atoms with Crippen molar-refractivity contribution in [2.24, 2.45) is 0 Å². The molecule has 10 nitrogen and oxygen atoms in total. The van der Waals surface area contributed by atoms with Crippen molar-refractivity contribution in [2.75, 3.05) is 25.1 Å². The van der Waals surface area contributed by atoms with Crippen LogP contribution in [0.2, 0.25) is 5.02 Å². The van der Waals surface area contributed by atoms with Gasteiger partial charge in [0.05, 0.1) is 10.5 Å². The fraction of sp³-hybridized carbons (Fsp3) is 0.125. The fourth-order valence-electron chi connectivity index (χ4n) is 3.34. The molecule has 0 aromatic heterocycles. The quantitative estimate of drug-likeness (QED) is 0.224. The van der Waals surface area contributed by atoms with Gasteiger partial charge in [-0.05, 0) is 30.3 Å². The van der Waals surface area contributed by atoms with Crippen molar-refractivity contribution in [2.45, 2.75) is 0 Å². The molecule has 11 heteroatoms. The first-order valence-electron chi connectivity index (χ1n) is 10.3. The highest BCUT2D eigenvalue weighted by Crippen LogP contribution is 2.32. The molecule has 0 aliphatic carbocycles. The Hall–Kier alpha value is -4.44. The van der Waals surface area contributed by atoms with Crippen LogP contribution in [0.15, 0.2) is 60.7 Å². The Morgan fingerprint density at radius 1 is 0.971 bits per heavy atom. The molecule has 0 saturated heterocycles. The van der Waals surface area contributed by atoms with Crippen molar-refractivity contribution in [1.82, 2.24) is 0 Å². The van der Waals surface area contributed by atoms with Crippen LogP contribution >= 0.6 is 11.6 Å². The number of nitro benzene ring substituents is 1. The van der Waals surface area contributed by atoms with Crippen molar-refractivity contribution in [1.29, 1.82) is 0 Å². The molecular weight excluding hydrogens is 480 g/mol. The number of carbonyl (C=O) groups is 3. The number of benzene rings is 3. The molecular formula is C24H17ClN2O8. The molecule has 1 aliphatic rings. The zero-order chi connectivity index (χ0) is 24.9. The van der Waals surface area contributed by atoms with E-state index in [0.717, 1.165) is 6.07 Å². The van der Waals surface area contributed by atoms with E-state index in [0.29, 0.717) is 30.4 Å². The van der Waals surface area contributed by atoms with Crippen LogP contribution < -0.4 is 14.8 Å². The van der Waals surface area contributed by atoms with Gasteiger partial charge >= 0.3 is 5.97 Å². The Morgan fingerprint density at radius 3 is 2.43 bits per heavy atom. The van der Waals surface area contributed by atoms with Gasteiger partial charge in [-0.3, -0.25) is 19.7 Å². The van der Waals surface area contributed by atoms with Gasteiger partial charge in [0.15, 0.2) is 23.9 Å². The second-order valence-electron chi connectivity index (χ2n) is 7.28. The first-order valence-corrected chi connectivity index (χ1v) is 10.7. The van der Waals surface area contributed by atoms with E-state index in [4.69, 9.17) is 25.8 Å². The van der Waals surface area contributed by atoms with Gasteiger partial charge in [-0.15, -0.1) is 0 Å².